The van der Waals surface area contributed by atoms with Gasteiger partial charge in [0, 0.05) is 22.5 Å². The standard InChI is InChI=1S/C15H12ClF2NO/c16-11-6-13(18)12(17)5-9(11)15(19)10-7-20-14-4-2-1-3-8(10)14/h1-6,10,15H,7,19H2. The molecule has 2 N–H and O–H groups in total. The molecular weight excluding hydrogens is 284 g/mol. The molecule has 0 bridgehead atoms. The number of rotatable bonds is 2. The molecule has 2 unspecified atom stereocenters. The van der Waals surface area contributed by atoms with Crippen molar-refractivity contribution in [3.05, 3.63) is 64.2 Å². The van der Waals surface area contributed by atoms with Crippen molar-refractivity contribution in [2.45, 2.75) is 12.0 Å². The van der Waals surface area contributed by atoms with E-state index in [1.165, 1.54) is 0 Å². The summed E-state index contributed by atoms with van der Waals surface area (Å²) in [5.41, 5.74) is 7.53. The first-order valence-corrected chi connectivity index (χ1v) is 6.57. The van der Waals surface area contributed by atoms with Crippen LogP contribution in [-0.2, 0) is 0 Å². The number of halogens is 3. The topological polar surface area (TPSA) is 35.2 Å². The number of para-hydroxylation sites is 1. The minimum atomic E-state index is -0.978. The average molecular weight is 296 g/mol. The molecule has 0 saturated carbocycles. The smallest absolute Gasteiger partial charge is 0.160 e. The molecule has 20 heavy (non-hydrogen) atoms. The van der Waals surface area contributed by atoms with Crippen molar-refractivity contribution >= 4 is 11.6 Å². The van der Waals surface area contributed by atoms with Crippen LogP contribution in [0.4, 0.5) is 8.78 Å². The van der Waals surface area contributed by atoms with Gasteiger partial charge in [0.25, 0.3) is 0 Å². The maximum atomic E-state index is 13.4. The molecule has 0 saturated heterocycles. The Morgan fingerprint density at radius 2 is 1.90 bits per heavy atom. The number of hydrogen-bond acceptors (Lipinski definition) is 2. The quantitative estimate of drug-likeness (QED) is 0.856. The summed E-state index contributed by atoms with van der Waals surface area (Å²) < 4.78 is 32.1. The van der Waals surface area contributed by atoms with Crippen LogP contribution < -0.4 is 10.5 Å². The van der Waals surface area contributed by atoms with Gasteiger partial charge in [0.2, 0.25) is 0 Å². The Hall–Kier alpha value is -1.65. The summed E-state index contributed by atoms with van der Waals surface area (Å²) in [5, 5.41) is 0.126. The van der Waals surface area contributed by atoms with Gasteiger partial charge in [0.15, 0.2) is 11.6 Å². The zero-order valence-electron chi connectivity index (χ0n) is 10.4. The largest absolute Gasteiger partial charge is 0.493 e. The predicted molar refractivity (Wildman–Crippen MR) is 73.0 cm³/mol. The molecule has 104 valence electrons. The molecule has 1 aliphatic rings. The first-order valence-electron chi connectivity index (χ1n) is 6.19. The minimum absolute atomic E-state index is 0.126. The third-order valence-corrected chi connectivity index (χ3v) is 3.90. The van der Waals surface area contributed by atoms with Gasteiger partial charge in [0.1, 0.15) is 5.75 Å². The second kappa shape index (κ2) is 5.04. The van der Waals surface area contributed by atoms with Crippen molar-refractivity contribution in [2.75, 3.05) is 6.61 Å². The molecule has 0 aromatic heterocycles. The summed E-state index contributed by atoms with van der Waals surface area (Å²) in [6.07, 6.45) is 0. The Kier molecular flexibility index (Phi) is 3.36. The molecule has 2 aromatic rings. The number of hydrogen-bond donors (Lipinski definition) is 1. The lowest BCUT2D eigenvalue weighted by atomic mass is 9.89. The van der Waals surface area contributed by atoms with E-state index >= 15 is 0 Å². The van der Waals surface area contributed by atoms with E-state index in [4.69, 9.17) is 22.1 Å². The van der Waals surface area contributed by atoms with Gasteiger partial charge in [-0.25, -0.2) is 8.78 Å². The van der Waals surface area contributed by atoms with Gasteiger partial charge in [-0.1, -0.05) is 29.8 Å². The van der Waals surface area contributed by atoms with Crippen LogP contribution in [0.3, 0.4) is 0 Å². The van der Waals surface area contributed by atoms with Crippen molar-refractivity contribution in [3.63, 3.8) is 0 Å². The Morgan fingerprint density at radius 3 is 2.70 bits per heavy atom. The second-order valence-corrected chi connectivity index (χ2v) is 5.18. The lowest BCUT2D eigenvalue weighted by Crippen LogP contribution is -2.21. The molecule has 2 aromatic carbocycles. The van der Waals surface area contributed by atoms with Gasteiger partial charge in [-0.3, -0.25) is 0 Å². The summed E-state index contributed by atoms with van der Waals surface area (Å²) in [7, 11) is 0. The Labute approximate surface area is 120 Å². The zero-order valence-corrected chi connectivity index (χ0v) is 11.2. The van der Waals surface area contributed by atoms with Crippen LogP contribution in [0.25, 0.3) is 0 Å². The monoisotopic (exact) mass is 295 g/mol. The van der Waals surface area contributed by atoms with Gasteiger partial charge in [-0.2, -0.15) is 0 Å². The third-order valence-electron chi connectivity index (χ3n) is 3.57. The first kappa shape index (κ1) is 13.3. The highest BCUT2D eigenvalue weighted by molar-refractivity contribution is 6.31. The molecule has 0 spiro atoms. The van der Waals surface area contributed by atoms with Gasteiger partial charge in [-0.15, -0.1) is 0 Å². The summed E-state index contributed by atoms with van der Waals surface area (Å²) in [4.78, 5) is 0. The number of fused-ring (bicyclic) bond motifs is 1. The summed E-state index contributed by atoms with van der Waals surface area (Å²) in [6, 6.07) is 8.99. The molecule has 0 aliphatic carbocycles. The summed E-state index contributed by atoms with van der Waals surface area (Å²) >= 11 is 5.97. The van der Waals surface area contributed by atoms with Gasteiger partial charge in [0.05, 0.1) is 6.61 Å². The fourth-order valence-electron chi connectivity index (χ4n) is 2.49. The van der Waals surface area contributed by atoms with Crippen molar-refractivity contribution < 1.29 is 13.5 Å². The fraction of sp³-hybridized carbons (Fsp3) is 0.200. The predicted octanol–water partition coefficient (Wildman–Crippen LogP) is 3.79. The molecule has 0 amide bonds. The van der Waals surface area contributed by atoms with Crippen LogP contribution >= 0.6 is 11.6 Å². The zero-order chi connectivity index (χ0) is 14.3. The van der Waals surface area contributed by atoms with E-state index in [0.717, 1.165) is 23.4 Å². The van der Waals surface area contributed by atoms with Crippen molar-refractivity contribution in [1.29, 1.82) is 0 Å². The van der Waals surface area contributed by atoms with Crippen molar-refractivity contribution in [1.82, 2.24) is 0 Å². The van der Waals surface area contributed by atoms with E-state index in [0.29, 0.717) is 12.2 Å². The maximum Gasteiger partial charge on any atom is 0.160 e. The maximum absolute atomic E-state index is 13.4. The number of nitrogens with two attached hydrogens (primary N) is 1. The Morgan fingerprint density at radius 1 is 1.20 bits per heavy atom. The highest BCUT2D eigenvalue weighted by Gasteiger charge is 2.31. The molecule has 5 heteroatoms. The Balaban J connectivity index is 1.98. The number of benzene rings is 2. The summed E-state index contributed by atoms with van der Waals surface area (Å²) in [5.74, 6) is -1.29. The fourth-order valence-corrected chi connectivity index (χ4v) is 2.77. The van der Waals surface area contributed by atoms with Crippen LogP contribution in [0.1, 0.15) is 23.1 Å². The van der Waals surface area contributed by atoms with E-state index in [1.807, 2.05) is 24.3 Å². The summed E-state index contributed by atoms with van der Waals surface area (Å²) in [6.45, 7) is 0.399. The molecule has 1 aliphatic heterocycles. The van der Waals surface area contributed by atoms with Crippen LogP contribution in [0.2, 0.25) is 5.02 Å². The molecular formula is C15H12ClF2NO. The molecule has 3 rings (SSSR count). The molecule has 2 atom stereocenters. The van der Waals surface area contributed by atoms with Crippen LogP contribution in [0.15, 0.2) is 36.4 Å². The normalized spacial score (nSPS) is 18.5. The van der Waals surface area contributed by atoms with E-state index in [-0.39, 0.29) is 10.9 Å². The first-order chi connectivity index (χ1) is 9.58. The molecule has 0 fully saturated rings. The SMILES string of the molecule is NC(c1cc(F)c(F)cc1Cl)C1COc2ccccc21. The number of ether oxygens (including phenoxy) is 1. The van der Waals surface area contributed by atoms with Crippen LogP contribution in [0, 0.1) is 11.6 Å². The van der Waals surface area contributed by atoms with Crippen LogP contribution in [-0.4, -0.2) is 6.61 Å². The lowest BCUT2D eigenvalue weighted by molar-refractivity contribution is 0.315. The van der Waals surface area contributed by atoms with E-state index in [9.17, 15) is 8.78 Å². The van der Waals surface area contributed by atoms with E-state index in [1.54, 1.807) is 0 Å². The van der Waals surface area contributed by atoms with Gasteiger partial charge >= 0.3 is 0 Å². The third kappa shape index (κ3) is 2.15. The van der Waals surface area contributed by atoms with Gasteiger partial charge < -0.3 is 10.5 Å². The molecule has 0 radical (unpaired) electrons. The van der Waals surface area contributed by atoms with Crippen LogP contribution in [0.5, 0.6) is 5.75 Å². The molecule has 1 heterocycles. The second-order valence-electron chi connectivity index (χ2n) is 4.77. The molecule has 2 nitrogen and oxygen atoms in total. The highest BCUT2D eigenvalue weighted by atomic mass is 35.5. The minimum Gasteiger partial charge on any atom is -0.493 e. The van der Waals surface area contributed by atoms with Gasteiger partial charge in [-0.05, 0) is 23.8 Å². The van der Waals surface area contributed by atoms with Crippen molar-refractivity contribution in [3.8, 4) is 5.75 Å². The van der Waals surface area contributed by atoms with Crippen molar-refractivity contribution in [2.24, 2.45) is 5.73 Å². The van der Waals surface area contributed by atoms with E-state index < -0.39 is 17.7 Å². The Bertz CT molecular complexity index is 662. The highest BCUT2D eigenvalue weighted by Crippen LogP contribution is 2.41. The lowest BCUT2D eigenvalue weighted by Gasteiger charge is -2.20. The van der Waals surface area contributed by atoms with E-state index in [2.05, 4.69) is 0 Å². The average Bonchev–Trinajstić information content (AvgIpc) is 2.86.